The predicted molar refractivity (Wildman–Crippen MR) is 54.6 cm³/mol. The first-order valence-electron chi connectivity index (χ1n) is 4.75. The molecule has 2 nitrogen and oxygen atoms in total. The van der Waals surface area contributed by atoms with Crippen molar-refractivity contribution in [3.8, 4) is 6.07 Å². The molecule has 0 spiro atoms. The van der Waals surface area contributed by atoms with Crippen LogP contribution in [-0.4, -0.2) is 5.78 Å². The molecule has 0 aliphatic rings. The third-order valence-electron chi connectivity index (χ3n) is 2.20. The first kappa shape index (κ1) is 11.4. The van der Waals surface area contributed by atoms with Gasteiger partial charge in [-0.25, -0.2) is 4.39 Å². The molecule has 0 heterocycles. The number of nitriles is 1. The molecule has 3 heteroatoms. The summed E-state index contributed by atoms with van der Waals surface area (Å²) < 4.78 is 13.3. The van der Waals surface area contributed by atoms with Crippen LogP contribution in [0, 0.1) is 23.1 Å². The maximum absolute atomic E-state index is 13.3. The molecular weight excluding hydrogens is 193 g/mol. The Morgan fingerprint density at radius 2 is 2.00 bits per heavy atom. The van der Waals surface area contributed by atoms with E-state index in [0.717, 1.165) is 0 Å². The summed E-state index contributed by atoms with van der Waals surface area (Å²) in [6.45, 7) is 3.40. The van der Waals surface area contributed by atoms with Crippen LogP contribution >= 0.6 is 0 Å². The van der Waals surface area contributed by atoms with Gasteiger partial charge < -0.3 is 0 Å². The Morgan fingerprint density at radius 3 is 2.47 bits per heavy atom. The van der Waals surface area contributed by atoms with E-state index in [0.29, 0.717) is 0 Å². The highest BCUT2D eigenvalue weighted by Gasteiger charge is 2.24. The summed E-state index contributed by atoms with van der Waals surface area (Å²) in [6, 6.07) is 7.74. The van der Waals surface area contributed by atoms with E-state index in [4.69, 9.17) is 5.26 Å². The molecule has 1 unspecified atom stereocenters. The van der Waals surface area contributed by atoms with Crippen molar-refractivity contribution in [2.24, 2.45) is 5.92 Å². The molecule has 0 fully saturated rings. The van der Waals surface area contributed by atoms with Crippen LogP contribution in [0.15, 0.2) is 24.3 Å². The van der Waals surface area contributed by atoms with E-state index in [9.17, 15) is 9.18 Å². The van der Waals surface area contributed by atoms with Crippen LogP contribution in [0.4, 0.5) is 4.39 Å². The summed E-state index contributed by atoms with van der Waals surface area (Å²) >= 11 is 0. The SMILES string of the molecule is CC(C)C(=O)C(C#N)c1ccccc1F. The van der Waals surface area contributed by atoms with E-state index in [2.05, 4.69) is 0 Å². The van der Waals surface area contributed by atoms with E-state index in [1.807, 2.05) is 6.07 Å². The van der Waals surface area contributed by atoms with E-state index in [1.165, 1.54) is 18.2 Å². The topological polar surface area (TPSA) is 40.9 Å². The quantitative estimate of drug-likeness (QED) is 0.761. The van der Waals surface area contributed by atoms with Crippen LogP contribution < -0.4 is 0 Å². The predicted octanol–water partition coefficient (Wildman–Crippen LogP) is 2.66. The monoisotopic (exact) mass is 205 g/mol. The highest BCUT2D eigenvalue weighted by Crippen LogP contribution is 2.22. The van der Waals surface area contributed by atoms with Gasteiger partial charge in [-0.1, -0.05) is 32.0 Å². The molecule has 1 atom stereocenters. The number of benzene rings is 1. The van der Waals surface area contributed by atoms with Crippen molar-refractivity contribution in [1.82, 2.24) is 0 Å². The lowest BCUT2D eigenvalue weighted by Crippen LogP contribution is -2.17. The van der Waals surface area contributed by atoms with Crippen LogP contribution in [0.2, 0.25) is 0 Å². The minimum atomic E-state index is -0.994. The van der Waals surface area contributed by atoms with Crippen LogP contribution in [0.25, 0.3) is 0 Å². The van der Waals surface area contributed by atoms with Gasteiger partial charge in [0.15, 0.2) is 5.78 Å². The number of hydrogen-bond acceptors (Lipinski definition) is 2. The van der Waals surface area contributed by atoms with Gasteiger partial charge in [-0.05, 0) is 6.07 Å². The van der Waals surface area contributed by atoms with Gasteiger partial charge in [-0.2, -0.15) is 5.26 Å². The average Bonchev–Trinajstić information content (AvgIpc) is 2.21. The Kier molecular flexibility index (Phi) is 3.56. The van der Waals surface area contributed by atoms with Gasteiger partial charge >= 0.3 is 0 Å². The Balaban J connectivity index is 3.10. The van der Waals surface area contributed by atoms with Gasteiger partial charge in [-0.15, -0.1) is 0 Å². The van der Waals surface area contributed by atoms with Crippen molar-refractivity contribution in [1.29, 1.82) is 5.26 Å². The van der Waals surface area contributed by atoms with E-state index < -0.39 is 11.7 Å². The molecule has 0 bridgehead atoms. The summed E-state index contributed by atoms with van der Waals surface area (Å²) in [6.07, 6.45) is 0. The van der Waals surface area contributed by atoms with Gasteiger partial charge in [0, 0.05) is 11.5 Å². The number of Topliss-reactive ketones (excluding diaryl/α,β-unsaturated/α-hetero) is 1. The molecule has 0 aromatic heterocycles. The number of hydrogen-bond donors (Lipinski definition) is 0. The molecule has 0 radical (unpaired) electrons. The van der Waals surface area contributed by atoms with Gasteiger partial charge in [-0.3, -0.25) is 4.79 Å². The van der Waals surface area contributed by atoms with Crippen molar-refractivity contribution in [2.75, 3.05) is 0 Å². The van der Waals surface area contributed by atoms with Crippen molar-refractivity contribution in [3.05, 3.63) is 35.6 Å². The molecule has 1 aromatic carbocycles. The van der Waals surface area contributed by atoms with Crippen molar-refractivity contribution in [2.45, 2.75) is 19.8 Å². The maximum atomic E-state index is 13.3. The summed E-state index contributed by atoms with van der Waals surface area (Å²) in [5.41, 5.74) is 0.165. The fraction of sp³-hybridized carbons (Fsp3) is 0.333. The lowest BCUT2D eigenvalue weighted by molar-refractivity contribution is -0.122. The Bertz CT molecular complexity index is 406. The number of carbonyl (C=O) groups is 1. The maximum Gasteiger partial charge on any atom is 0.157 e. The van der Waals surface area contributed by atoms with Crippen LogP contribution in [0.5, 0.6) is 0 Å². The molecule has 1 rings (SSSR count). The van der Waals surface area contributed by atoms with Gasteiger partial charge in [0.1, 0.15) is 11.7 Å². The van der Waals surface area contributed by atoms with E-state index in [-0.39, 0.29) is 17.3 Å². The standard InChI is InChI=1S/C12H12FNO/c1-8(2)12(15)10(7-14)9-5-3-4-6-11(9)13/h3-6,8,10H,1-2H3. The van der Waals surface area contributed by atoms with Crippen LogP contribution in [-0.2, 0) is 4.79 Å². The zero-order valence-corrected chi connectivity index (χ0v) is 8.70. The molecule has 15 heavy (non-hydrogen) atoms. The molecule has 0 N–H and O–H groups in total. The van der Waals surface area contributed by atoms with Gasteiger partial charge in [0.25, 0.3) is 0 Å². The zero-order valence-electron chi connectivity index (χ0n) is 8.70. The number of halogens is 1. The molecule has 1 aromatic rings. The first-order chi connectivity index (χ1) is 7.07. The molecule has 0 saturated carbocycles. The normalized spacial score (nSPS) is 12.2. The van der Waals surface area contributed by atoms with Crippen LogP contribution in [0.3, 0.4) is 0 Å². The third-order valence-corrected chi connectivity index (χ3v) is 2.20. The zero-order chi connectivity index (χ0) is 11.4. The van der Waals surface area contributed by atoms with E-state index >= 15 is 0 Å². The highest BCUT2D eigenvalue weighted by molar-refractivity contribution is 5.89. The molecular formula is C12H12FNO. The summed E-state index contributed by atoms with van der Waals surface area (Å²) in [5.74, 6) is -2.01. The second-order valence-corrected chi connectivity index (χ2v) is 3.64. The van der Waals surface area contributed by atoms with Crippen molar-refractivity contribution in [3.63, 3.8) is 0 Å². The Labute approximate surface area is 88.3 Å². The third kappa shape index (κ3) is 2.41. The minimum Gasteiger partial charge on any atom is -0.298 e. The van der Waals surface area contributed by atoms with Gasteiger partial charge in [0.2, 0.25) is 0 Å². The lowest BCUT2D eigenvalue weighted by atomic mass is 9.90. The number of carbonyl (C=O) groups excluding carboxylic acids is 1. The van der Waals surface area contributed by atoms with Crippen LogP contribution in [0.1, 0.15) is 25.3 Å². The summed E-state index contributed by atoms with van der Waals surface area (Å²) in [4.78, 5) is 11.6. The number of rotatable bonds is 3. The number of ketones is 1. The Hall–Kier alpha value is -1.69. The Morgan fingerprint density at radius 1 is 1.40 bits per heavy atom. The first-order valence-corrected chi connectivity index (χ1v) is 4.75. The smallest absolute Gasteiger partial charge is 0.157 e. The molecule has 0 aliphatic heterocycles. The average molecular weight is 205 g/mol. The minimum absolute atomic E-state index is 0.165. The fourth-order valence-electron chi connectivity index (χ4n) is 1.33. The lowest BCUT2D eigenvalue weighted by Gasteiger charge is -2.11. The largest absolute Gasteiger partial charge is 0.298 e. The second kappa shape index (κ2) is 4.70. The van der Waals surface area contributed by atoms with Crippen molar-refractivity contribution < 1.29 is 9.18 Å². The summed E-state index contributed by atoms with van der Waals surface area (Å²) in [5, 5.41) is 8.89. The summed E-state index contributed by atoms with van der Waals surface area (Å²) in [7, 11) is 0. The molecule has 0 aliphatic carbocycles. The van der Waals surface area contributed by atoms with E-state index in [1.54, 1.807) is 19.9 Å². The molecule has 0 saturated heterocycles. The molecule has 0 amide bonds. The second-order valence-electron chi connectivity index (χ2n) is 3.64. The van der Waals surface area contributed by atoms with Gasteiger partial charge in [0.05, 0.1) is 6.07 Å². The number of nitrogens with zero attached hydrogens (tertiary/aromatic N) is 1. The fourth-order valence-corrected chi connectivity index (χ4v) is 1.33. The van der Waals surface area contributed by atoms with Crippen molar-refractivity contribution >= 4 is 5.78 Å². The highest BCUT2D eigenvalue weighted by atomic mass is 19.1. The molecule has 78 valence electrons.